The van der Waals surface area contributed by atoms with Crippen molar-refractivity contribution < 1.29 is 4.74 Å². The van der Waals surface area contributed by atoms with Crippen molar-refractivity contribution in [2.75, 3.05) is 32.2 Å². The highest BCUT2D eigenvalue weighted by molar-refractivity contribution is 5.48. The van der Waals surface area contributed by atoms with Crippen LogP contribution in [0.3, 0.4) is 0 Å². The fraction of sp³-hybridized carbons (Fsp3) is 0.692. The summed E-state index contributed by atoms with van der Waals surface area (Å²) < 4.78 is 5.05. The third-order valence-electron chi connectivity index (χ3n) is 2.83. The van der Waals surface area contributed by atoms with Crippen molar-refractivity contribution in [1.29, 1.82) is 0 Å². The van der Waals surface area contributed by atoms with E-state index in [1.54, 1.807) is 7.11 Å². The summed E-state index contributed by atoms with van der Waals surface area (Å²) in [5.41, 5.74) is 7.69. The van der Waals surface area contributed by atoms with Crippen molar-refractivity contribution in [2.45, 2.75) is 32.7 Å². The predicted molar refractivity (Wildman–Crippen MR) is 73.8 cm³/mol. The third kappa shape index (κ3) is 3.92. The van der Waals surface area contributed by atoms with Crippen LogP contribution in [0.15, 0.2) is 6.20 Å². The van der Waals surface area contributed by atoms with Crippen LogP contribution in [0.5, 0.6) is 0 Å². The van der Waals surface area contributed by atoms with Crippen LogP contribution in [-0.2, 0) is 11.3 Å². The summed E-state index contributed by atoms with van der Waals surface area (Å²) in [5, 5.41) is 0. The molecule has 5 heteroatoms. The largest absolute Gasteiger partial charge is 0.385 e. The Hall–Kier alpha value is -1.20. The van der Waals surface area contributed by atoms with Crippen LogP contribution in [-0.4, -0.2) is 37.3 Å². The zero-order valence-corrected chi connectivity index (χ0v) is 11.8. The molecule has 0 atom stereocenters. The maximum Gasteiger partial charge on any atom is 0.131 e. The van der Waals surface area contributed by atoms with Gasteiger partial charge in [0.15, 0.2) is 0 Å². The summed E-state index contributed by atoms with van der Waals surface area (Å²) in [4.78, 5) is 11.1. The number of nitrogens with zero attached hydrogens (tertiary/aromatic N) is 3. The second-order valence-electron chi connectivity index (χ2n) is 4.69. The van der Waals surface area contributed by atoms with Gasteiger partial charge >= 0.3 is 0 Å². The predicted octanol–water partition coefficient (Wildman–Crippen LogP) is 1.53. The molecule has 2 N–H and O–H groups in total. The minimum atomic E-state index is 0.322. The molecule has 0 radical (unpaired) electrons. The van der Waals surface area contributed by atoms with E-state index in [0.29, 0.717) is 12.5 Å². The quantitative estimate of drug-likeness (QED) is 0.746. The Labute approximate surface area is 109 Å². The highest BCUT2D eigenvalue weighted by Crippen LogP contribution is 2.19. The molecule has 0 saturated carbocycles. The molecule has 0 aliphatic carbocycles. The Morgan fingerprint density at radius 2 is 2.17 bits per heavy atom. The summed E-state index contributed by atoms with van der Waals surface area (Å²) in [7, 11) is 3.74. The molecule has 1 aromatic rings. The molecule has 0 aliphatic rings. The van der Waals surface area contributed by atoms with E-state index in [9.17, 15) is 0 Å². The van der Waals surface area contributed by atoms with Crippen molar-refractivity contribution in [3.63, 3.8) is 0 Å². The molecule has 0 unspecified atom stereocenters. The highest BCUT2D eigenvalue weighted by atomic mass is 16.5. The molecule has 1 heterocycles. The maximum absolute atomic E-state index is 5.77. The number of ether oxygens (including phenoxy) is 1. The minimum Gasteiger partial charge on any atom is -0.385 e. The SMILES string of the molecule is COCCCN(C)c1cnc(C(C)C)nc1CN. The van der Waals surface area contributed by atoms with Gasteiger partial charge in [-0.3, -0.25) is 0 Å². The van der Waals surface area contributed by atoms with Gasteiger partial charge in [-0.1, -0.05) is 13.8 Å². The summed E-state index contributed by atoms with van der Waals surface area (Å²) in [6.45, 7) is 6.26. The van der Waals surface area contributed by atoms with Gasteiger partial charge in [0.1, 0.15) is 5.82 Å². The lowest BCUT2D eigenvalue weighted by molar-refractivity contribution is 0.196. The first-order chi connectivity index (χ1) is 8.60. The van der Waals surface area contributed by atoms with Crippen molar-refractivity contribution in [3.05, 3.63) is 17.7 Å². The Bertz CT molecular complexity index is 368. The van der Waals surface area contributed by atoms with E-state index in [2.05, 4.69) is 28.7 Å². The minimum absolute atomic E-state index is 0.322. The van der Waals surface area contributed by atoms with E-state index in [0.717, 1.165) is 36.8 Å². The summed E-state index contributed by atoms with van der Waals surface area (Å²) >= 11 is 0. The second-order valence-corrected chi connectivity index (χ2v) is 4.69. The Morgan fingerprint density at radius 1 is 1.44 bits per heavy atom. The zero-order valence-electron chi connectivity index (χ0n) is 11.8. The van der Waals surface area contributed by atoms with Gasteiger partial charge in [0.2, 0.25) is 0 Å². The molecule has 0 aromatic carbocycles. The number of aromatic nitrogens is 2. The molecule has 1 rings (SSSR count). The van der Waals surface area contributed by atoms with Crippen molar-refractivity contribution in [3.8, 4) is 0 Å². The molecule has 0 spiro atoms. The van der Waals surface area contributed by atoms with Crippen LogP contribution in [0.4, 0.5) is 5.69 Å². The highest BCUT2D eigenvalue weighted by Gasteiger charge is 2.11. The van der Waals surface area contributed by atoms with Gasteiger partial charge in [-0.25, -0.2) is 9.97 Å². The van der Waals surface area contributed by atoms with Crippen LogP contribution in [0, 0.1) is 0 Å². The Kier molecular flexibility index (Phi) is 6.01. The van der Waals surface area contributed by atoms with Crippen molar-refractivity contribution >= 4 is 5.69 Å². The molecule has 18 heavy (non-hydrogen) atoms. The average molecular weight is 252 g/mol. The van der Waals surface area contributed by atoms with Gasteiger partial charge < -0.3 is 15.4 Å². The first kappa shape index (κ1) is 14.9. The number of hydrogen-bond acceptors (Lipinski definition) is 5. The molecule has 0 amide bonds. The molecule has 0 aliphatic heterocycles. The van der Waals surface area contributed by atoms with E-state index in [4.69, 9.17) is 10.5 Å². The van der Waals surface area contributed by atoms with Crippen molar-refractivity contribution in [1.82, 2.24) is 9.97 Å². The number of hydrogen-bond donors (Lipinski definition) is 1. The lowest BCUT2D eigenvalue weighted by Crippen LogP contribution is -2.23. The van der Waals surface area contributed by atoms with E-state index in [1.807, 2.05) is 13.2 Å². The Balaban J connectivity index is 2.81. The molecular weight excluding hydrogens is 228 g/mol. The number of nitrogens with two attached hydrogens (primary N) is 1. The molecule has 102 valence electrons. The second kappa shape index (κ2) is 7.28. The van der Waals surface area contributed by atoms with Crippen LogP contribution < -0.4 is 10.6 Å². The lowest BCUT2D eigenvalue weighted by atomic mass is 10.2. The molecule has 0 fully saturated rings. The first-order valence-electron chi connectivity index (χ1n) is 6.36. The number of methoxy groups -OCH3 is 1. The monoisotopic (exact) mass is 252 g/mol. The first-order valence-corrected chi connectivity index (χ1v) is 6.36. The van der Waals surface area contributed by atoms with Gasteiger partial charge in [-0.15, -0.1) is 0 Å². The normalized spacial score (nSPS) is 11.0. The maximum atomic E-state index is 5.77. The number of rotatable bonds is 7. The molecule has 0 saturated heterocycles. The lowest BCUT2D eigenvalue weighted by Gasteiger charge is -2.21. The zero-order chi connectivity index (χ0) is 13.5. The Morgan fingerprint density at radius 3 is 2.72 bits per heavy atom. The van der Waals surface area contributed by atoms with Crippen molar-refractivity contribution in [2.24, 2.45) is 5.73 Å². The van der Waals surface area contributed by atoms with Crippen LogP contribution >= 0.6 is 0 Å². The fourth-order valence-corrected chi connectivity index (χ4v) is 1.74. The topological polar surface area (TPSA) is 64.3 Å². The molecule has 0 bridgehead atoms. The molecule has 1 aromatic heterocycles. The molecule has 5 nitrogen and oxygen atoms in total. The molecular formula is C13H24N4O. The van der Waals surface area contributed by atoms with E-state index >= 15 is 0 Å². The van der Waals surface area contributed by atoms with Gasteiger partial charge in [-0.05, 0) is 6.42 Å². The summed E-state index contributed by atoms with van der Waals surface area (Å²) in [6.07, 6.45) is 2.85. The van der Waals surface area contributed by atoms with Crippen LogP contribution in [0.25, 0.3) is 0 Å². The van der Waals surface area contributed by atoms with Gasteiger partial charge in [-0.2, -0.15) is 0 Å². The fourth-order valence-electron chi connectivity index (χ4n) is 1.74. The average Bonchev–Trinajstić information content (AvgIpc) is 2.38. The van der Waals surface area contributed by atoms with E-state index in [1.165, 1.54) is 0 Å². The van der Waals surface area contributed by atoms with E-state index in [-0.39, 0.29) is 0 Å². The summed E-state index contributed by atoms with van der Waals surface area (Å²) in [5.74, 6) is 1.17. The smallest absolute Gasteiger partial charge is 0.131 e. The van der Waals surface area contributed by atoms with E-state index < -0.39 is 0 Å². The standard InChI is InChI=1S/C13H24N4O/c1-10(2)13-15-9-12(11(8-14)16-13)17(3)6-5-7-18-4/h9-10H,5-8,14H2,1-4H3. The van der Waals surface area contributed by atoms with Crippen LogP contribution in [0.1, 0.15) is 37.7 Å². The van der Waals surface area contributed by atoms with Gasteiger partial charge in [0.05, 0.1) is 17.6 Å². The van der Waals surface area contributed by atoms with Gasteiger partial charge in [0, 0.05) is 39.8 Å². The van der Waals surface area contributed by atoms with Gasteiger partial charge in [0.25, 0.3) is 0 Å². The number of anilines is 1. The van der Waals surface area contributed by atoms with Crippen LogP contribution in [0.2, 0.25) is 0 Å². The third-order valence-corrected chi connectivity index (χ3v) is 2.83. The summed E-state index contributed by atoms with van der Waals surface area (Å²) in [6, 6.07) is 0.